The molecule has 0 aromatic rings. The van der Waals surface area contributed by atoms with Crippen LogP contribution in [-0.2, 0) is 0 Å². The van der Waals surface area contributed by atoms with Crippen molar-refractivity contribution in [3.8, 4) is 0 Å². The highest BCUT2D eigenvalue weighted by Gasteiger charge is 2.40. The normalized spacial score (nSPS) is 32.7. The first-order chi connectivity index (χ1) is 7.77. The first-order valence-electron chi connectivity index (χ1n) is 7.77. The lowest BCUT2D eigenvalue weighted by Crippen LogP contribution is -2.35. The van der Waals surface area contributed by atoms with Gasteiger partial charge in [0.15, 0.2) is 0 Å². The smallest absolute Gasteiger partial charge is 0.0305 e. The quantitative estimate of drug-likeness (QED) is 0.557. The van der Waals surface area contributed by atoms with Crippen LogP contribution in [0, 0.1) is 22.6 Å². The molecule has 0 saturated heterocycles. The van der Waals surface area contributed by atoms with Gasteiger partial charge in [-0.05, 0) is 74.0 Å². The second kappa shape index (κ2) is 4.35. The molecule has 0 unspecified atom stereocenters. The standard InChI is InChI=1S/C16H30/c1-13(2)14-5-7-16(8-6-14)11-9-15(3,4)10-12-16/h13-14H,5-12H2,1-4H3/i14D. The summed E-state index contributed by atoms with van der Waals surface area (Å²) in [4.78, 5) is 0. The molecule has 0 radical (unpaired) electrons. The third-order valence-corrected chi connectivity index (χ3v) is 5.43. The minimum absolute atomic E-state index is 0.113. The van der Waals surface area contributed by atoms with E-state index in [0.29, 0.717) is 16.7 Å². The maximum Gasteiger partial charge on any atom is 0.0305 e. The van der Waals surface area contributed by atoms with Gasteiger partial charge in [0, 0.05) is 1.37 Å². The highest BCUT2D eigenvalue weighted by molar-refractivity contribution is 4.92. The van der Waals surface area contributed by atoms with Crippen molar-refractivity contribution in [3.63, 3.8) is 0 Å². The van der Waals surface area contributed by atoms with Gasteiger partial charge in [-0.15, -0.1) is 0 Å². The fourth-order valence-corrected chi connectivity index (χ4v) is 3.64. The first-order valence-corrected chi connectivity index (χ1v) is 7.27. The average Bonchev–Trinajstić information content (AvgIpc) is 2.27. The fraction of sp³-hybridized carbons (Fsp3) is 1.00. The van der Waals surface area contributed by atoms with Crippen molar-refractivity contribution in [2.45, 2.75) is 79.1 Å². The van der Waals surface area contributed by atoms with Gasteiger partial charge >= 0.3 is 0 Å². The van der Waals surface area contributed by atoms with Gasteiger partial charge in [-0.2, -0.15) is 0 Å². The average molecular weight is 223 g/mol. The molecule has 0 heteroatoms. The fourth-order valence-electron chi connectivity index (χ4n) is 3.64. The summed E-state index contributed by atoms with van der Waals surface area (Å²) in [6.07, 6.45) is 10.6. The molecule has 0 amide bonds. The Hall–Kier alpha value is 0. The number of hydrogen-bond donors (Lipinski definition) is 0. The second-order valence-corrected chi connectivity index (χ2v) is 7.48. The predicted octanol–water partition coefficient (Wildman–Crippen LogP) is 5.42. The van der Waals surface area contributed by atoms with E-state index in [4.69, 9.17) is 1.37 Å². The Morgan fingerprint density at radius 3 is 1.88 bits per heavy atom. The molecule has 0 atom stereocenters. The summed E-state index contributed by atoms with van der Waals surface area (Å²) in [7, 11) is 0. The van der Waals surface area contributed by atoms with Gasteiger partial charge < -0.3 is 0 Å². The van der Waals surface area contributed by atoms with E-state index < -0.39 is 0 Å². The topological polar surface area (TPSA) is 0 Å². The van der Waals surface area contributed by atoms with Crippen molar-refractivity contribution < 1.29 is 1.37 Å². The van der Waals surface area contributed by atoms with Crippen molar-refractivity contribution in [1.82, 2.24) is 0 Å². The molecule has 0 heterocycles. The molecule has 0 aromatic heterocycles. The van der Waals surface area contributed by atoms with Crippen molar-refractivity contribution in [2.75, 3.05) is 0 Å². The zero-order chi connectivity index (χ0) is 12.7. The van der Waals surface area contributed by atoms with Gasteiger partial charge in [-0.3, -0.25) is 0 Å². The van der Waals surface area contributed by atoms with Crippen LogP contribution in [0.25, 0.3) is 0 Å². The van der Waals surface area contributed by atoms with E-state index in [0.717, 1.165) is 12.8 Å². The Labute approximate surface area is 104 Å². The lowest BCUT2D eigenvalue weighted by atomic mass is 9.58. The molecule has 0 nitrogen and oxygen atoms in total. The monoisotopic (exact) mass is 223 g/mol. The molecule has 2 aliphatic carbocycles. The van der Waals surface area contributed by atoms with Crippen molar-refractivity contribution in [2.24, 2.45) is 22.6 Å². The molecule has 2 fully saturated rings. The summed E-state index contributed by atoms with van der Waals surface area (Å²) in [6.45, 7) is 9.31. The van der Waals surface area contributed by atoms with Crippen LogP contribution in [-0.4, -0.2) is 0 Å². The molecule has 94 valence electrons. The zero-order valence-electron chi connectivity index (χ0n) is 12.7. The number of hydrogen-bond acceptors (Lipinski definition) is 0. The molecule has 0 bridgehead atoms. The van der Waals surface area contributed by atoms with E-state index in [1.54, 1.807) is 0 Å². The van der Waals surface area contributed by atoms with Crippen molar-refractivity contribution in [3.05, 3.63) is 0 Å². The summed E-state index contributed by atoms with van der Waals surface area (Å²) >= 11 is 0. The minimum Gasteiger partial charge on any atom is -0.0625 e. The Kier molecular flexibility index (Phi) is 3.02. The van der Waals surface area contributed by atoms with E-state index in [9.17, 15) is 0 Å². The second-order valence-electron chi connectivity index (χ2n) is 7.48. The molecule has 2 aliphatic rings. The Morgan fingerprint density at radius 1 is 0.938 bits per heavy atom. The zero-order valence-corrected chi connectivity index (χ0v) is 11.7. The van der Waals surface area contributed by atoms with Crippen molar-refractivity contribution in [1.29, 1.82) is 0 Å². The SMILES string of the molecule is [2H]C1(C(C)C)CCC2(CCC(C)(C)CC2)CC1. The van der Waals surface area contributed by atoms with Gasteiger partial charge in [-0.1, -0.05) is 27.7 Å². The van der Waals surface area contributed by atoms with E-state index >= 15 is 0 Å². The largest absolute Gasteiger partial charge is 0.0625 e. The van der Waals surface area contributed by atoms with Gasteiger partial charge in [-0.25, -0.2) is 0 Å². The van der Waals surface area contributed by atoms with E-state index in [2.05, 4.69) is 27.7 Å². The summed E-state index contributed by atoms with van der Waals surface area (Å²) in [6, 6.07) is 0. The molecule has 16 heavy (non-hydrogen) atoms. The van der Waals surface area contributed by atoms with Crippen LogP contribution in [0.1, 0.15) is 80.4 Å². The Balaban J connectivity index is 1.95. The van der Waals surface area contributed by atoms with Gasteiger partial charge in [0.1, 0.15) is 0 Å². The van der Waals surface area contributed by atoms with Crippen LogP contribution < -0.4 is 0 Å². The van der Waals surface area contributed by atoms with Crippen LogP contribution in [0.4, 0.5) is 0 Å². The molecule has 2 rings (SSSR count). The third kappa shape index (κ3) is 2.63. The maximum absolute atomic E-state index is 8.56. The van der Waals surface area contributed by atoms with Crippen LogP contribution in [0.2, 0.25) is 0 Å². The summed E-state index contributed by atoms with van der Waals surface area (Å²) in [5.41, 5.74) is 1.22. The van der Waals surface area contributed by atoms with Gasteiger partial charge in [0.2, 0.25) is 0 Å². The highest BCUT2D eigenvalue weighted by atomic mass is 14.5. The van der Waals surface area contributed by atoms with Crippen molar-refractivity contribution >= 4 is 0 Å². The summed E-state index contributed by atoms with van der Waals surface area (Å²) in [5, 5.41) is 0. The van der Waals surface area contributed by atoms with Crippen LogP contribution in [0.15, 0.2) is 0 Å². The van der Waals surface area contributed by atoms with Crippen LogP contribution in [0.5, 0.6) is 0 Å². The minimum atomic E-state index is -0.113. The molecule has 0 aliphatic heterocycles. The summed E-state index contributed by atoms with van der Waals surface area (Å²) in [5.74, 6) is 0.415. The molecule has 2 saturated carbocycles. The molecule has 0 aromatic carbocycles. The summed E-state index contributed by atoms with van der Waals surface area (Å²) < 4.78 is 8.56. The van der Waals surface area contributed by atoms with Crippen LogP contribution >= 0.6 is 0 Å². The Bertz CT molecular complexity index is 257. The van der Waals surface area contributed by atoms with Gasteiger partial charge in [0.05, 0.1) is 0 Å². The van der Waals surface area contributed by atoms with E-state index in [-0.39, 0.29) is 5.89 Å². The van der Waals surface area contributed by atoms with Crippen LogP contribution in [0.3, 0.4) is 0 Å². The molecule has 1 spiro atoms. The first kappa shape index (κ1) is 11.1. The molecular weight excluding hydrogens is 192 g/mol. The van der Waals surface area contributed by atoms with E-state index in [1.807, 2.05) is 0 Å². The maximum atomic E-state index is 8.56. The number of rotatable bonds is 1. The third-order valence-electron chi connectivity index (χ3n) is 5.43. The van der Waals surface area contributed by atoms with Gasteiger partial charge in [0.25, 0.3) is 0 Å². The highest BCUT2D eigenvalue weighted by Crippen LogP contribution is 2.53. The molecular formula is C16H30. The predicted molar refractivity (Wildman–Crippen MR) is 71.5 cm³/mol. The Morgan fingerprint density at radius 2 is 1.44 bits per heavy atom. The molecule has 0 N–H and O–H groups in total. The lowest BCUT2D eigenvalue weighted by molar-refractivity contribution is 0.0402. The van der Waals surface area contributed by atoms with E-state index in [1.165, 1.54) is 38.5 Å². The lowest BCUT2D eigenvalue weighted by Gasteiger charge is -2.48.